The van der Waals surface area contributed by atoms with Crippen molar-refractivity contribution in [2.24, 2.45) is 0 Å². The number of hydrogen-bond acceptors (Lipinski definition) is 8. The molecule has 0 aliphatic carbocycles. The van der Waals surface area contributed by atoms with Crippen molar-refractivity contribution >= 4 is 49.2 Å². The van der Waals surface area contributed by atoms with Gasteiger partial charge < -0.3 is 14.8 Å². The first-order chi connectivity index (χ1) is 18.5. The number of carbonyl (C=O) groups is 2. The number of ether oxygens (including phenoxy) is 2. The Labute approximate surface area is 234 Å². The highest BCUT2D eigenvalue weighted by atomic mass is 35.5. The highest BCUT2D eigenvalue weighted by molar-refractivity contribution is 7.89. The van der Waals surface area contributed by atoms with Crippen LogP contribution in [0.4, 0.5) is 5.69 Å². The standard InChI is InChI=1S/C25H32ClN3O8S2/c1-3-28(4-2)39(34,35)21-10-11-22(26)23(17-21)27-24(30)18-37-25(31)12-7-19-5-8-20(9-6-19)38(32,33)29-13-15-36-16-14-29/h5-6,8-11,17H,3-4,7,12-16,18H2,1-2H3,(H,27,30). The maximum Gasteiger partial charge on any atom is 0.306 e. The lowest BCUT2D eigenvalue weighted by Gasteiger charge is -2.26. The van der Waals surface area contributed by atoms with E-state index in [0.717, 1.165) is 5.56 Å². The van der Waals surface area contributed by atoms with Gasteiger partial charge >= 0.3 is 5.97 Å². The number of carbonyl (C=O) groups excluding carboxylic acids is 2. The Bertz CT molecular complexity index is 1370. The van der Waals surface area contributed by atoms with Crippen LogP contribution in [-0.2, 0) is 45.5 Å². The number of anilines is 1. The molecule has 2 aromatic carbocycles. The summed E-state index contributed by atoms with van der Waals surface area (Å²) >= 11 is 6.12. The van der Waals surface area contributed by atoms with Crippen LogP contribution < -0.4 is 5.32 Å². The van der Waals surface area contributed by atoms with E-state index in [1.165, 1.54) is 38.9 Å². The molecular formula is C25H32ClN3O8S2. The van der Waals surface area contributed by atoms with Gasteiger partial charge in [-0.05, 0) is 42.3 Å². The van der Waals surface area contributed by atoms with Crippen LogP contribution in [0.2, 0.25) is 5.02 Å². The highest BCUT2D eigenvalue weighted by Crippen LogP contribution is 2.27. The van der Waals surface area contributed by atoms with Crippen LogP contribution in [0.3, 0.4) is 0 Å². The van der Waals surface area contributed by atoms with Gasteiger partial charge in [-0.1, -0.05) is 37.6 Å². The molecule has 0 radical (unpaired) electrons. The monoisotopic (exact) mass is 601 g/mol. The van der Waals surface area contributed by atoms with Crippen LogP contribution in [-0.4, -0.2) is 83.3 Å². The first-order valence-corrected chi connectivity index (χ1v) is 15.7. The minimum atomic E-state index is -3.76. The highest BCUT2D eigenvalue weighted by Gasteiger charge is 2.26. The second kappa shape index (κ2) is 13.7. The summed E-state index contributed by atoms with van der Waals surface area (Å²) < 4.78 is 63.8. The molecule has 0 saturated carbocycles. The van der Waals surface area contributed by atoms with E-state index in [4.69, 9.17) is 21.1 Å². The third-order valence-corrected chi connectivity index (χ3v) is 10.4. The molecule has 39 heavy (non-hydrogen) atoms. The molecule has 0 atom stereocenters. The Morgan fingerprint density at radius 3 is 2.23 bits per heavy atom. The van der Waals surface area contributed by atoms with Crippen molar-refractivity contribution in [3.05, 3.63) is 53.1 Å². The van der Waals surface area contributed by atoms with E-state index >= 15 is 0 Å². The Morgan fingerprint density at radius 2 is 1.62 bits per heavy atom. The molecule has 1 amide bonds. The smallest absolute Gasteiger partial charge is 0.306 e. The fourth-order valence-electron chi connectivity index (χ4n) is 3.89. The number of nitrogens with zero attached hydrogens (tertiary/aromatic N) is 2. The molecule has 0 bridgehead atoms. The number of benzene rings is 2. The summed E-state index contributed by atoms with van der Waals surface area (Å²) in [5, 5.41) is 2.61. The van der Waals surface area contributed by atoms with Gasteiger partial charge in [0, 0.05) is 32.6 Å². The summed E-state index contributed by atoms with van der Waals surface area (Å²) in [5.41, 5.74) is 0.813. The summed E-state index contributed by atoms with van der Waals surface area (Å²) in [6.45, 7) is 4.75. The van der Waals surface area contributed by atoms with Crippen molar-refractivity contribution in [1.82, 2.24) is 8.61 Å². The number of esters is 1. The maximum atomic E-state index is 12.8. The minimum absolute atomic E-state index is 0.0216. The number of nitrogens with one attached hydrogen (secondary N) is 1. The molecule has 1 aliphatic rings. The van der Waals surface area contributed by atoms with Gasteiger partial charge in [-0.25, -0.2) is 16.8 Å². The van der Waals surface area contributed by atoms with Crippen molar-refractivity contribution < 1.29 is 35.9 Å². The van der Waals surface area contributed by atoms with Gasteiger partial charge in [-0.15, -0.1) is 0 Å². The number of hydrogen-bond donors (Lipinski definition) is 1. The molecule has 1 N–H and O–H groups in total. The molecule has 1 aliphatic heterocycles. The Hall–Kier alpha value is -2.55. The lowest BCUT2D eigenvalue weighted by molar-refractivity contribution is -0.147. The zero-order valence-electron chi connectivity index (χ0n) is 21.8. The maximum absolute atomic E-state index is 12.8. The van der Waals surface area contributed by atoms with E-state index < -0.39 is 38.5 Å². The Morgan fingerprint density at radius 1 is 1.00 bits per heavy atom. The molecule has 14 heteroatoms. The number of aryl methyl sites for hydroxylation is 1. The molecule has 214 valence electrons. The van der Waals surface area contributed by atoms with E-state index in [1.54, 1.807) is 26.0 Å². The van der Waals surface area contributed by atoms with Crippen LogP contribution >= 0.6 is 11.6 Å². The first-order valence-electron chi connectivity index (χ1n) is 12.4. The molecule has 2 aromatic rings. The van der Waals surface area contributed by atoms with Gasteiger partial charge in [-0.2, -0.15) is 8.61 Å². The normalized spacial score (nSPS) is 14.8. The minimum Gasteiger partial charge on any atom is -0.456 e. The SMILES string of the molecule is CCN(CC)S(=O)(=O)c1ccc(Cl)c(NC(=O)COC(=O)CCc2ccc(S(=O)(=O)N3CCOCC3)cc2)c1. The van der Waals surface area contributed by atoms with Crippen molar-refractivity contribution in [3.8, 4) is 0 Å². The fourth-order valence-corrected chi connectivity index (χ4v) is 6.95. The van der Waals surface area contributed by atoms with Gasteiger partial charge in [-0.3, -0.25) is 9.59 Å². The lowest BCUT2D eigenvalue weighted by atomic mass is 10.1. The Kier molecular flexibility index (Phi) is 10.9. The molecule has 1 heterocycles. The van der Waals surface area contributed by atoms with Crippen LogP contribution in [0.15, 0.2) is 52.3 Å². The number of rotatable bonds is 12. The van der Waals surface area contributed by atoms with Crippen molar-refractivity contribution in [2.75, 3.05) is 51.3 Å². The van der Waals surface area contributed by atoms with Crippen molar-refractivity contribution in [1.29, 1.82) is 0 Å². The van der Waals surface area contributed by atoms with Crippen LogP contribution in [0.5, 0.6) is 0 Å². The topological polar surface area (TPSA) is 139 Å². The summed E-state index contributed by atoms with van der Waals surface area (Å²) in [6.07, 6.45) is 0.261. The van der Waals surface area contributed by atoms with Crippen molar-refractivity contribution in [2.45, 2.75) is 36.5 Å². The van der Waals surface area contributed by atoms with Gasteiger partial charge in [0.25, 0.3) is 5.91 Å². The number of amides is 1. The fraction of sp³-hybridized carbons (Fsp3) is 0.440. The van der Waals surface area contributed by atoms with E-state index in [-0.39, 0.29) is 46.4 Å². The molecule has 0 aromatic heterocycles. The Balaban J connectivity index is 1.51. The average molecular weight is 602 g/mol. The van der Waals surface area contributed by atoms with Crippen LogP contribution in [0.1, 0.15) is 25.8 Å². The van der Waals surface area contributed by atoms with E-state index in [0.29, 0.717) is 26.3 Å². The predicted octanol–water partition coefficient (Wildman–Crippen LogP) is 2.51. The van der Waals surface area contributed by atoms with E-state index in [1.807, 2.05) is 0 Å². The number of morpholine rings is 1. The summed E-state index contributed by atoms with van der Waals surface area (Å²) in [5.74, 6) is -1.31. The molecule has 11 nitrogen and oxygen atoms in total. The first kappa shape index (κ1) is 31.0. The second-order valence-corrected chi connectivity index (χ2v) is 12.9. The molecule has 3 rings (SSSR count). The van der Waals surface area contributed by atoms with E-state index in [2.05, 4.69) is 5.32 Å². The molecule has 1 fully saturated rings. The summed E-state index contributed by atoms with van der Waals surface area (Å²) in [6, 6.07) is 10.3. The predicted molar refractivity (Wildman–Crippen MR) is 145 cm³/mol. The number of halogens is 1. The van der Waals surface area contributed by atoms with Crippen LogP contribution in [0, 0.1) is 0 Å². The quantitative estimate of drug-likeness (QED) is 0.366. The van der Waals surface area contributed by atoms with Crippen LogP contribution in [0.25, 0.3) is 0 Å². The summed E-state index contributed by atoms with van der Waals surface area (Å²) in [7, 11) is -7.36. The second-order valence-electron chi connectivity index (χ2n) is 8.60. The van der Waals surface area contributed by atoms with Gasteiger partial charge in [0.2, 0.25) is 20.0 Å². The molecular weight excluding hydrogens is 570 g/mol. The third kappa shape index (κ3) is 7.99. The number of sulfonamides is 2. The van der Waals surface area contributed by atoms with Gasteiger partial charge in [0.05, 0.1) is 33.7 Å². The summed E-state index contributed by atoms with van der Waals surface area (Å²) in [4.78, 5) is 24.7. The average Bonchev–Trinajstić information content (AvgIpc) is 2.93. The van der Waals surface area contributed by atoms with Gasteiger partial charge in [0.15, 0.2) is 6.61 Å². The third-order valence-electron chi connectivity index (χ3n) is 6.07. The largest absolute Gasteiger partial charge is 0.456 e. The van der Waals surface area contributed by atoms with Gasteiger partial charge in [0.1, 0.15) is 0 Å². The van der Waals surface area contributed by atoms with E-state index in [9.17, 15) is 26.4 Å². The van der Waals surface area contributed by atoms with Crippen molar-refractivity contribution in [3.63, 3.8) is 0 Å². The molecule has 0 unspecified atom stereocenters. The zero-order valence-corrected chi connectivity index (χ0v) is 24.1. The molecule has 0 spiro atoms. The lowest BCUT2D eigenvalue weighted by Crippen LogP contribution is -2.40. The zero-order chi connectivity index (χ0) is 28.6. The molecule has 1 saturated heterocycles.